The Hall–Kier alpha value is -2.22. The molecule has 1 unspecified atom stereocenters. The molecule has 0 aliphatic heterocycles. The minimum absolute atomic E-state index is 0.287. The van der Waals surface area contributed by atoms with Gasteiger partial charge in [0.15, 0.2) is 6.29 Å². The molecule has 1 aromatic carbocycles. The number of benzene rings is 1. The molecule has 2 aromatic rings. The molecule has 4 nitrogen and oxygen atoms in total. The number of hydrogen-bond acceptors (Lipinski definition) is 4. The van der Waals surface area contributed by atoms with Crippen LogP contribution < -0.4 is 0 Å². The molecular formula is C14H12N2O2. The number of nitrogens with zero attached hydrogens (tertiary/aromatic N) is 2. The maximum absolute atomic E-state index is 9.78. The summed E-state index contributed by atoms with van der Waals surface area (Å²) in [5.41, 5.74) is 2.18. The van der Waals surface area contributed by atoms with Crippen LogP contribution in [0.5, 0.6) is 0 Å². The average Bonchev–Trinajstić information content (AvgIpc) is 2.46. The number of rotatable bonds is 4. The summed E-state index contributed by atoms with van der Waals surface area (Å²) in [6, 6.07) is 12.5. The van der Waals surface area contributed by atoms with E-state index in [1.165, 1.54) is 0 Å². The van der Waals surface area contributed by atoms with Crippen LogP contribution in [0.1, 0.15) is 23.0 Å². The predicted octanol–water partition coefficient (Wildman–Crippen LogP) is 2.16. The summed E-state index contributed by atoms with van der Waals surface area (Å²) in [5.74, 6) is 0. The monoisotopic (exact) mass is 240 g/mol. The highest BCUT2D eigenvalue weighted by atomic mass is 16.6. The number of nitriles is 1. The highest BCUT2D eigenvalue weighted by molar-refractivity contribution is 5.31. The van der Waals surface area contributed by atoms with E-state index in [-0.39, 0.29) is 6.61 Å². The van der Waals surface area contributed by atoms with Crippen LogP contribution in [0.15, 0.2) is 48.8 Å². The number of ether oxygens (including phenoxy) is 1. The van der Waals surface area contributed by atoms with Crippen molar-refractivity contribution in [2.24, 2.45) is 0 Å². The molecule has 1 N–H and O–H groups in total. The quantitative estimate of drug-likeness (QED) is 0.831. The van der Waals surface area contributed by atoms with Gasteiger partial charge in [-0.2, -0.15) is 5.26 Å². The van der Waals surface area contributed by atoms with Gasteiger partial charge in [-0.05, 0) is 29.8 Å². The Balaban J connectivity index is 1.93. The number of aromatic nitrogens is 1. The minimum atomic E-state index is -0.969. The average molecular weight is 240 g/mol. The summed E-state index contributed by atoms with van der Waals surface area (Å²) in [4.78, 5) is 3.87. The van der Waals surface area contributed by atoms with Crippen molar-refractivity contribution >= 4 is 0 Å². The highest BCUT2D eigenvalue weighted by Crippen LogP contribution is 2.15. The molecule has 0 saturated heterocycles. The zero-order chi connectivity index (χ0) is 12.8. The van der Waals surface area contributed by atoms with E-state index in [1.54, 1.807) is 48.8 Å². The molecule has 0 aliphatic rings. The molecule has 0 radical (unpaired) electrons. The van der Waals surface area contributed by atoms with Crippen molar-refractivity contribution in [1.82, 2.24) is 4.98 Å². The second-order valence-corrected chi connectivity index (χ2v) is 3.75. The third-order valence-electron chi connectivity index (χ3n) is 2.48. The molecule has 18 heavy (non-hydrogen) atoms. The van der Waals surface area contributed by atoms with Gasteiger partial charge in [0.2, 0.25) is 0 Å². The fraction of sp³-hybridized carbons (Fsp3) is 0.143. The van der Waals surface area contributed by atoms with Gasteiger partial charge in [0, 0.05) is 18.0 Å². The zero-order valence-electron chi connectivity index (χ0n) is 9.65. The van der Waals surface area contributed by atoms with Gasteiger partial charge >= 0.3 is 0 Å². The molecule has 0 bridgehead atoms. The maximum atomic E-state index is 9.78. The van der Waals surface area contributed by atoms with Crippen LogP contribution in [0.25, 0.3) is 0 Å². The Morgan fingerprint density at radius 2 is 1.83 bits per heavy atom. The molecule has 0 aliphatic carbocycles. The molecule has 4 heteroatoms. The van der Waals surface area contributed by atoms with Gasteiger partial charge in [-0.1, -0.05) is 12.1 Å². The molecule has 2 rings (SSSR count). The van der Waals surface area contributed by atoms with E-state index in [1.807, 2.05) is 6.07 Å². The first-order chi connectivity index (χ1) is 8.79. The van der Waals surface area contributed by atoms with Crippen molar-refractivity contribution in [1.29, 1.82) is 5.26 Å². The minimum Gasteiger partial charge on any atom is -0.364 e. The fourth-order valence-electron chi connectivity index (χ4n) is 1.47. The Bertz CT molecular complexity index is 532. The lowest BCUT2D eigenvalue weighted by atomic mass is 10.1. The topological polar surface area (TPSA) is 66.1 Å². The van der Waals surface area contributed by atoms with Crippen LogP contribution in [0, 0.1) is 11.3 Å². The lowest BCUT2D eigenvalue weighted by molar-refractivity contribution is -0.112. The summed E-state index contributed by atoms with van der Waals surface area (Å²) < 4.78 is 5.33. The van der Waals surface area contributed by atoms with Crippen LogP contribution >= 0.6 is 0 Å². The molecule has 90 valence electrons. The van der Waals surface area contributed by atoms with Crippen molar-refractivity contribution in [2.45, 2.75) is 12.9 Å². The Kier molecular flexibility index (Phi) is 4.02. The van der Waals surface area contributed by atoms with E-state index in [0.717, 1.165) is 5.56 Å². The SMILES string of the molecule is N#Cc1ccc(COC(O)c2ccncc2)cc1. The summed E-state index contributed by atoms with van der Waals surface area (Å²) in [6.45, 7) is 0.287. The molecule has 0 fully saturated rings. The lowest BCUT2D eigenvalue weighted by Crippen LogP contribution is -2.03. The molecule has 1 heterocycles. The van der Waals surface area contributed by atoms with Crippen LogP contribution in [-0.2, 0) is 11.3 Å². The van der Waals surface area contributed by atoms with Gasteiger partial charge in [-0.15, -0.1) is 0 Å². The smallest absolute Gasteiger partial charge is 0.181 e. The predicted molar refractivity (Wildman–Crippen MR) is 65.1 cm³/mol. The third-order valence-corrected chi connectivity index (χ3v) is 2.48. The van der Waals surface area contributed by atoms with Crippen LogP contribution in [-0.4, -0.2) is 10.1 Å². The van der Waals surface area contributed by atoms with Crippen LogP contribution in [0.4, 0.5) is 0 Å². The van der Waals surface area contributed by atoms with E-state index in [4.69, 9.17) is 10.00 Å². The van der Waals surface area contributed by atoms with Crippen LogP contribution in [0.2, 0.25) is 0 Å². The highest BCUT2D eigenvalue weighted by Gasteiger charge is 2.07. The maximum Gasteiger partial charge on any atom is 0.181 e. The van der Waals surface area contributed by atoms with E-state index in [9.17, 15) is 5.11 Å². The summed E-state index contributed by atoms with van der Waals surface area (Å²) >= 11 is 0. The van der Waals surface area contributed by atoms with Crippen molar-refractivity contribution < 1.29 is 9.84 Å². The third kappa shape index (κ3) is 3.14. The molecule has 1 aromatic heterocycles. The van der Waals surface area contributed by atoms with Crippen molar-refractivity contribution in [3.05, 3.63) is 65.5 Å². The number of aliphatic hydroxyl groups is 1. The Morgan fingerprint density at radius 3 is 2.44 bits per heavy atom. The first kappa shape index (κ1) is 12.2. The first-order valence-electron chi connectivity index (χ1n) is 5.48. The van der Waals surface area contributed by atoms with E-state index in [0.29, 0.717) is 11.1 Å². The van der Waals surface area contributed by atoms with Gasteiger partial charge in [-0.3, -0.25) is 4.98 Å². The number of aliphatic hydroxyl groups excluding tert-OH is 1. The second kappa shape index (κ2) is 5.92. The first-order valence-corrected chi connectivity index (χ1v) is 5.48. The van der Waals surface area contributed by atoms with Gasteiger partial charge in [0.1, 0.15) is 0 Å². The van der Waals surface area contributed by atoms with Crippen LogP contribution in [0.3, 0.4) is 0 Å². The van der Waals surface area contributed by atoms with Gasteiger partial charge in [-0.25, -0.2) is 0 Å². The summed E-state index contributed by atoms with van der Waals surface area (Å²) in [7, 11) is 0. The standard InChI is InChI=1S/C14H12N2O2/c15-9-11-1-3-12(4-2-11)10-18-14(17)13-5-7-16-8-6-13/h1-8,14,17H,10H2. The fourth-order valence-corrected chi connectivity index (χ4v) is 1.47. The van der Waals surface area contributed by atoms with E-state index >= 15 is 0 Å². The van der Waals surface area contributed by atoms with Gasteiger partial charge in [0.25, 0.3) is 0 Å². The van der Waals surface area contributed by atoms with Crippen molar-refractivity contribution in [3.8, 4) is 6.07 Å². The summed E-state index contributed by atoms with van der Waals surface area (Å²) in [5, 5.41) is 18.4. The Morgan fingerprint density at radius 1 is 1.17 bits per heavy atom. The van der Waals surface area contributed by atoms with Crippen molar-refractivity contribution in [2.75, 3.05) is 0 Å². The van der Waals surface area contributed by atoms with Crippen molar-refractivity contribution in [3.63, 3.8) is 0 Å². The largest absolute Gasteiger partial charge is 0.364 e. The van der Waals surface area contributed by atoms with E-state index in [2.05, 4.69) is 4.98 Å². The van der Waals surface area contributed by atoms with Gasteiger partial charge < -0.3 is 9.84 Å². The zero-order valence-corrected chi connectivity index (χ0v) is 9.65. The lowest BCUT2D eigenvalue weighted by Gasteiger charge is -2.11. The molecule has 0 saturated carbocycles. The molecule has 1 atom stereocenters. The number of hydrogen-bond donors (Lipinski definition) is 1. The molecule has 0 amide bonds. The number of pyridine rings is 1. The molecular weight excluding hydrogens is 228 g/mol. The molecule has 0 spiro atoms. The van der Waals surface area contributed by atoms with Gasteiger partial charge in [0.05, 0.1) is 18.2 Å². The van der Waals surface area contributed by atoms with E-state index < -0.39 is 6.29 Å². The second-order valence-electron chi connectivity index (χ2n) is 3.75. The summed E-state index contributed by atoms with van der Waals surface area (Å²) in [6.07, 6.45) is 2.23. The normalized spacial score (nSPS) is 11.8. The Labute approximate surface area is 105 Å².